The molecular weight excluding hydrogens is 330 g/mol. The van der Waals surface area contributed by atoms with Gasteiger partial charge in [-0.05, 0) is 55.3 Å². The monoisotopic (exact) mass is 353 g/mol. The lowest BCUT2D eigenvalue weighted by Gasteiger charge is -2.10. The zero-order valence-corrected chi connectivity index (χ0v) is 15.2. The summed E-state index contributed by atoms with van der Waals surface area (Å²) in [6, 6.07) is 12.2. The van der Waals surface area contributed by atoms with E-state index in [0.29, 0.717) is 23.4 Å². The smallest absolute Gasteiger partial charge is 0.251 e. The zero-order chi connectivity index (χ0) is 19.1. The van der Waals surface area contributed by atoms with Crippen LogP contribution >= 0.6 is 0 Å². The minimum Gasteiger partial charge on any atom is -0.343 e. The van der Waals surface area contributed by atoms with Crippen LogP contribution in [-0.4, -0.2) is 24.3 Å². The predicted molar refractivity (Wildman–Crippen MR) is 102 cm³/mol. The van der Waals surface area contributed by atoms with Crippen LogP contribution in [0.2, 0.25) is 0 Å². The third kappa shape index (κ3) is 5.44. The number of nitrogens with one attached hydrogen (secondary N) is 3. The molecule has 0 fully saturated rings. The Bertz CT molecular complexity index is 831. The van der Waals surface area contributed by atoms with E-state index in [1.165, 1.54) is 0 Å². The Kier molecular flexibility index (Phi) is 6.49. The van der Waals surface area contributed by atoms with Crippen LogP contribution in [0.4, 0.5) is 11.4 Å². The molecule has 0 radical (unpaired) electrons. The molecule has 2 aromatic carbocycles. The van der Waals surface area contributed by atoms with Crippen LogP contribution < -0.4 is 16.0 Å². The van der Waals surface area contributed by atoms with Gasteiger partial charge in [0, 0.05) is 23.4 Å². The summed E-state index contributed by atoms with van der Waals surface area (Å²) in [7, 11) is 0. The second kappa shape index (κ2) is 8.80. The molecule has 0 saturated carbocycles. The zero-order valence-electron chi connectivity index (χ0n) is 15.2. The first-order valence-corrected chi connectivity index (χ1v) is 8.44. The van der Waals surface area contributed by atoms with E-state index < -0.39 is 0 Å². The summed E-state index contributed by atoms with van der Waals surface area (Å²) in [5.74, 6) is -0.748. The Balaban J connectivity index is 1.90. The van der Waals surface area contributed by atoms with Crippen LogP contribution in [0.25, 0.3) is 0 Å². The number of hydrogen-bond donors (Lipinski definition) is 3. The van der Waals surface area contributed by atoms with Crippen molar-refractivity contribution in [2.75, 3.05) is 17.2 Å². The second-order valence-electron chi connectivity index (χ2n) is 6.01. The van der Waals surface area contributed by atoms with Crippen molar-refractivity contribution in [3.8, 4) is 0 Å². The third-order valence-corrected chi connectivity index (χ3v) is 3.93. The van der Waals surface area contributed by atoms with Crippen molar-refractivity contribution in [1.82, 2.24) is 5.32 Å². The van der Waals surface area contributed by atoms with Gasteiger partial charge in [-0.2, -0.15) is 0 Å². The summed E-state index contributed by atoms with van der Waals surface area (Å²) in [6.07, 6.45) is 0.376. The summed E-state index contributed by atoms with van der Waals surface area (Å²) in [5, 5.41) is 8.02. The van der Waals surface area contributed by atoms with E-state index >= 15 is 0 Å². The van der Waals surface area contributed by atoms with E-state index in [4.69, 9.17) is 0 Å². The number of aryl methyl sites for hydroxylation is 2. The van der Waals surface area contributed by atoms with Crippen LogP contribution in [0, 0.1) is 13.8 Å². The van der Waals surface area contributed by atoms with Gasteiger partial charge in [0.2, 0.25) is 11.8 Å². The van der Waals surface area contributed by atoms with E-state index in [9.17, 15) is 14.4 Å². The summed E-state index contributed by atoms with van der Waals surface area (Å²) in [4.78, 5) is 35.6. The van der Waals surface area contributed by atoms with E-state index in [1.807, 2.05) is 19.9 Å². The highest BCUT2D eigenvalue weighted by atomic mass is 16.2. The SMILES string of the molecule is CCC(=O)Nc1cccc(NC(=O)CNC(=O)c2ccc(C)c(C)c2)c1. The van der Waals surface area contributed by atoms with Gasteiger partial charge in [-0.25, -0.2) is 0 Å². The van der Waals surface area contributed by atoms with Gasteiger partial charge in [0.1, 0.15) is 0 Å². The molecule has 6 nitrogen and oxygen atoms in total. The number of rotatable bonds is 6. The van der Waals surface area contributed by atoms with E-state index in [-0.39, 0.29) is 24.3 Å². The van der Waals surface area contributed by atoms with E-state index in [2.05, 4.69) is 16.0 Å². The highest BCUT2D eigenvalue weighted by Crippen LogP contribution is 2.15. The molecule has 0 heterocycles. The minimum absolute atomic E-state index is 0.103. The molecule has 3 N–H and O–H groups in total. The molecule has 0 aliphatic heterocycles. The molecule has 0 spiro atoms. The molecule has 0 bridgehead atoms. The fourth-order valence-electron chi connectivity index (χ4n) is 2.27. The summed E-state index contributed by atoms with van der Waals surface area (Å²) >= 11 is 0. The quantitative estimate of drug-likeness (QED) is 0.746. The van der Waals surface area contributed by atoms with Gasteiger partial charge < -0.3 is 16.0 Å². The normalized spacial score (nSPS) is 10.1. The van der Waals surface area contributed by atoms with Gasteiger partial charge in [0.05, 0.1) is 6.54 Å². The van der Waals surface area contributed by atoms with E-state index in [0.717, 1.165) is 11.1 Å². The first kappa shape index (κ1) is 19.2. The highest BCUT2D eigenvalue weighted by Gasteiger charge is 2.09. The van der Waals surface area contributed by atoms with Crippen molar-refractivity contribution >= 4 is 29.1 Å². The van der Waals surface area contributed by atoms with Crippen LogP contribution in [0.5, 0.6) is 0 Å². The Morgan fingerprint density at radius 3 is 2.12 bits per heavy atom. The van der Waals surface area contributed by atoms with Crippen LogP contribution in [0.15, 0.2) is 42.5 Å². The third-order valence-electron chi connectivity index (χ3n) is 3.93. The Morgan fingerprint density at radius 2 is 1.50 bits per heavy atom. The lowest BCUT2D eigenvalue weighted by molar-refractivity contribution is -0.116. The molecule has 26 heavy (non-hydrogen) atoms. The number of anilines is 2. The Labute approximate surface area is 153 Å². The average Bonchev–Trinajstić information content (AvgIpc) is 2.62. The lowest BCUT2D eigenvalue weighted by Crippen LogP contribution is -2.32. The number of amides is 3. The fraction of sp³-hybridized carbons (Fsp3) is 0.250. The van der Waals surface area contributed by atoms with Gasteiger partial charge in [-0.1, -0.05) is 19.1 Å². The average molecular weight is 353 g/mol. The number of hydrogen-bond acceptors (Lipinski definition) is 3. The topological polar surface area (TPSA) is 87.3 Å². The van der Waals surface area contributed by atoms with Crippen molar-refractivity contribution in [2.45, 2.75) is 27.2 Å². The molecule has 0 aliphatic carbocycles. The Hall–Kier alpha value is -3.15. The largest absolute Gasteiger partial charge is 0.343 e. The summed E-state index contributed by atoms with van der Waals surface area (Å²) in [5.41, 5.74) is 3.80. The molecule has 2 rings (SSSR count). The van der Waals surface area contributed by atoms with Crippen molar-refractivity contribution in [3.63, 3.8) is 0 Å². The number of carbonyl (C=O) groups is 3. The number of benzene rings is 2. The predicted octanol–water partition coefficient (Wildman–Crippen LogP) is 3.02. The fourth-order valence-corrected chi connectivity index (χ4v) is 2.27. The van der Waals surface area contributed by atoms with Gasteiger partial charge >= 0.3 is 0 Å². The van der Waals surface area contributed by atoms with Crippen LogP contribution in [-0.2, 0) is 9.59 Å². The molecule has 0 saturated heterocycles. The Morgan fingerprint density at radius 1 is 0.846 bits per heavy atom. The molecular formula is C20H23N3O3. The molecule has 0 atom stereocenters. The maximum Gasteiger partial charge on any atom is 0.251 e. The van der Waals surface area contributed by atoms with Crippen LogP contribution in [0.3, 0.4) is 0 Å². The second-order valence-corrected chi connectivity index (χ2v) is 6.01. The maximum absolute atomic E-state index is 12.1. The van der Waals surface area contributed by atoms with E-state index in [1.54, 1.807) is 43.3 Å². The highest BCUT2D eigenvalue weighted by molar-refractivity contribution is 6.00. The van der Waals surface area contributed by atoms with Crippen molar-refractivity contribution in [2.24, 2.45) is 0 Å². The van der Waals surface area contributed by atoms with Gasteiger partial charge in [-0.15, -0.1) is 0 Å². The molecule has 6 heteroatoms. The van der Waals surface area contributed by atoms with Gasteiger partial charge in [0.15, 0.2) is 0 Å². The molecule has 136 valence electrons. The molecule has 2 aromatic rings. The minimum atomic E-state index is -0.346. The first-order chi connectivity index (χ1) is 12.4. The summed E-state index contributed by atoms with van der Waals surface area (Å²) in [6.45, 7) is 5.53. The van der Waals surface area contributed by atoms with Gasteiger partial charge in [0.25, 0.3) is 5.91 Å². The first-order valence-electron chi connectivity index (χ1n) is 8.44. The van der Waals surface area contributed by atoms with Crippen molar-refractivity contribution < 1.29 is 14.4 Å². The molecule has 3 amide bonds. The van der Waals surface area contributed by atoms with Crippen LogP contribution in [0.1, 0.15) is 34.8 Å². The maximum atomic E-state index is 12.1. The van der Waals surface area contributed by atoms with Crippen molar-refractivity contribution in [1.29, 1.82) is 0 Å². The summed E-state index contributed by atoms with van der Waals surface area (Å²) < 4.78 is 0. The number of carbonyl (C=O) groups excluding carboxylic acids is 3. The standard InChI is InChI=1S/C20H23N3O3/c1-4-18(24)22-16-6-5-7-17(11-16)23-19(25)12-21-20(26)15-9-8-13(2)14(3)10-15/h5-11H,4,12H2,1-3H3,(H,21,26)(H,22,24)(H,23,25). The molecule has 0 unspecified atom stereocenters. The van der Waals surface area contributed by atoms with Gasteiger partial charge in [-0.3, -0.25) is 14.4 Å². The lowest BCUT2D eigenvalue weighted by atomic mass is 10.1. The van der Waals surface area contributed by atoms with Crippen molar-refractivity contribution in [3.05, 3.63) is 59.2 Å². The molecule has 0 aromatic heterocycles. The molecule has 0 aliphatic rings.